The molecular formula is C16H17BrO. The number of rotatable bonds is 3. The van der Waals surface area contributed by atoms with E-state index in [1.54, 1.807) is 7.11 Å². The fraction of sp³-hybridized carbons (Fsp3) is 0.250. The molecule has 0 heterocycles. The Balaban J connectivity index is 2.34. The molecule has 1 atom stereocenters. The highest BCUT2D eigenvalue weighted by atomic mass is 79.9. The molecule has 0 amide bonds. The van der Waals surface area contributed by atoms with Gasteiger partial charge < -0.3 is 4.74 Å². The van der Waals surface area contributed by atoms with E-state index in [4.69, 9.17) is 4.74 Å². The highest BCUT2D eigenvalue weighted by molar-refractivity contribution is 9.09. The molecule has 0 saturated carbocycles. The zero-order valence-corrected chi connectivity index (χ0v) is 12.5. The average Bonchev–Trinajstić information content (AvgIpc) is 2.37. The second kappa shape index (κ2) is 5.57. The van der Waals surface area contributed by atoms with Crippen LogP contribution >= 0.6 is 15.9 Å². The zero-order chi connectivity index (χ0) is 13.1. The second-order valence-electron chi connectivity index (χ2n) is 4.51. The van der Waals surface area contributed by atoms with E-state index in [9.17, 15) is 0 Å². The summed E-state index contributed by atoms with van der Waals surface area (Å²) in [5.74, 6) is 0.933. The number of hydrogen-bond acceptors (Lipinski definition) is 1. The van der Waals surface area contributed by atoms with Crippen LogP contribution in [0.5, 0.6) is 5.75 Å². The molecular weight excluding hydrogens is 288 g/mol. The van der Waals surface area contributed by atoms with Crippen molar-refractivity contribution in [3.63, 3.8) is 0 Å². The molecule has 2 rings (SSSR count). The maximum absolute atomic E-state index is 5.29. The molecule has 2 aromatic rings. The minimum Gasteiger partial charge on any atom is -0.496 e. The van der Waals surface area contributed by atoms with Crippen LogP contribution in [0, 0.1) is 13.8 Å². The molecule has 0 bridgehead atoms. The molecule has 0 aliphatic carbocycles. The van der Waals surface area contributed by atoms with E-state index in [2.05, 4.69) is 66.2 Å². The van der Waals surface area contributed by atoms with Gasteiger partial charge in [0, 0.05) is 0 Å². The number of methoxy groups -OCH3 is 1. The molecule has 0 aromatic heterocycles. The lowest BCUT2D eigenvalue weighted by Crippen LogP contribution is -1.95. The molecule has 0 spiro atoms. The second-order valence-corrected chi connectivity index (χ2v) is 5.42. The fourth-order valence-electron chi connectivity index (χ4n) is 2.08. The van der Waals surface area contributed by atoms with E-state index in [1.807, 2.05) is 6.07 Å². The van der Waals surface area contributed by atoms with Crippen LogP contribution < -0.4 is 4.74 Å². The molecule has 94 valence electrons. The van der Waals surface area contributed by atoms with E-state index < -0.39 is 0 Å². The van der Waals surface area contributed by atoms with Gasteiger partial charge >= 0.3 is 0 Å². The zero-order valence-electron chi connectivity index (χ0n) is 10.9. The van der Waals surface area contributed by atoms with Crippen molar-refractivity contribution in [2.75, 3.05) is 7.11 Å². The Labute approximate surface area is 117 Å². The lowest BCUT2D eigenvalue weighted by Gasteiger charge is -2.13. The SMILES string of the molecule is COc1ccc(C(Br)c2cccc(C)c2)cc1C. The first-order valence-corrected chi connectivity index (χ1v) is 6.88. The summed E-state index contributed by atoms with van der Waals surface area (Å²) in [5, 5.41) is 0. The third-order valence-electron chi connectivity index (χ3n) is 3.05. The third kappa shape index (κ3) is 2.75. The van der Waals surface area contributed by atoms with Crippen LogP contribution in [-0.2, 0) is 0 Å². The minimum atomic E-state index is 0.224. The molecule has 0 fully saturated rings. The number of ether oxygens (including phenoxy) is 1. The lowest BCUT2D eigenvalue weighted by molar-refractivity contribution is 0.411. The number of aryl methyl sites for hydroxylation is 2. The smallest absolute Gasteiger partial charge is 0.121 e. The minimum absolute atomic E-state index is 0.224. The van der Waals surface area contributed by atoms with E-state index >= 15 is 0 Å². The Morgan fingerprint density at radius 1 is 1.00 bits per heavy atom. The molecule has 0 saturated heterocycles. The summed E-state index contributed by atoms with van der Waals surface area (Å²) in [6.45, 7) is 4.18. The van der Waals surface area contributed by atoms with Gasteiger partial charge in [0.15, 0.2) is 0 Å². The van der Waals surface area contributed by atoms with Crippen molar-refractivity contribution in [1.29, 1.82) is 0 Å². The quantitative estimate of drug-likeness (QED) is 0.740. The number of halogens is 1. The molecule has 2 aromatic carbocycles. The van der Waals surface area contributed by atoms with Crippen LogP contribution in [0.15, 0.2) is 42.5 Å². The van der Waals surface area contributed by atoms with Gasteiger partial charge in [0.2, 0.25) is 0 Å². The third-order valence-corrected chi connectivity index (χ3v) is 4.10. The molecule has 1 unspecified atom stereocenters. The summed E-state index contributed by atoms with van der Waals surface area (Å²) in [5.41, 5.74) is 4.97. The number of alkyl halides is 1. The summed E-state index contributed by atoms with van der Waals surface area (Å²) in [4.78, 5) is 0.224. The van der Waals surface area contributed by atoms with Gasteiger partial charge in [-0.2, -0.15) is 0 Å². The van der Waals surface area contributed by atoms with E-state index in [0.717, 1.165) is 11.3 Å². The van der Waals surface area contributed by atoms with Gasteiger partial charge in [0.1, 0.15) is 5.75 Å². The first-order valence-electron chi connectivity index (χ1n) is 5.97. The van der Waals surface area contributed by atoms with Gasteiger partial charge in [-0.25, -0.2) is 0 Å². The summed E-state index contributed by atoms with van der Waals surface area (Å²) < 4.78 is 5.29. The first kappa shape index (κ1) is 13.2. The molecule has 1 nitrogen and oxygen atoms in total. The Hall–Kier alpha value is -1.28. The normalized spacial score (nSPS) is 12.2. The highest BCUT2D eigenvalue weighted by Crippen LogP contribution is 2.33. The maximum Gasteiger partial charge on any atom is 0.121 e. The van der Waals surface area contributed by atoms with Crippen molar-refractivity contribution < 1.29 is 4.74 Å². The highest BCUT2D eigenvalue weighted by Gasteiger charge is 2.11. The van der Waals surface area contributed by atoms with Crippen LogP contribution in [0.4, 0.5) is 0 Å². The molecule has 0 N–H and O–H groups in total. The molecule has 0 aliphatic rings. The first-order chi connectivity index (χ1) is 8.61. The van der Waals surface area contributed by atoms with Gasteiger partial charge in [-0.3, -0.25) is 0 Å². The molecule has 18 heavy (non-hydrogen) atoms. The van der Waals surface area contributed by atoms with Crippen molar-refractivity contribution in [3.05, 3.63) is 64.7 Å². The van der Waals surface area contributed by atoms with Crippen LogP contribution in [0.2, 0.25) is 0 Å². The van der Waals surface area contributed by atoms with Gasteiger partial charge in [0.25, 0.3) is 0 Å². The van der Waals surface area contributed by atoms with Crippen molar-refractivity contribution in [2.24, 2.45) is 0 Å². The van der Waals surface area contributed by atoms with E-state index in [-0.39, 0.29) is 4.83 Å². The van der Waals surface area contributed by atoms with Crippen LogP contribution in [-0.4, -0.2) is 7.11 Å². The Kier molecular flexibility index (Phi) is 4.07. The predicted molar refractivity (Wildman–Crippen MR) is 79.7 cm³/mol. The standard InChI is InChI=1S/C16H17BrO/c1-11-5-4-6-13(9-11)16(17)14-7-8-15(18-3)12(2)10-14/h4-10,16H,1-3H3. The van der Waals surface area contributed by atoms with Crippen LogP contribution in [0.25, 0.3) is 0 Å². The van der Waals surface area contributed by atoms with E-state index in [1.165, 1.54) is 16.7 Å². The summed E-state index contributed by atoms with van der Waals surface area (Å²) in [6, 6.07) is 14.9. The summed E-state index contributed by atoms with van der Waals surface area (Å²) >= 11 is 3.77. The van der Waals surface area contributed by atoms with Crippen molar-refractivity contribution in [2.45, 2.75) is 18.7 Å². The molecule has 0 aliphatic heterocycles. The number of hydrogen-bond donors (Lipinski definition) is 0. The average molecular weight is 305 g/mol. The van der Waals surface area contributed by atoms with Gasteiger partial charge in [-0.15, -0.1) is 0 Å². The Morgan fingerprint density at radius 3 is 2.33 bits per heavy atom. The molecule has 0 radical (unpaired) electrons. The molecule has 2 heteroatoms. The van der Waals surface area contributed by atoms with E-state index in [0.29, 0.717) is 0 Å². The van der Waals surface area contributed by atoms with Crippen molar-refractivity contribution in [1.82, 2.24) is 0 Å². The van der Waals surface area contributed by atoms with Crippen molar-refractivity contribution in [3.8, 4) is 5.75 Å². The van der Waals surface area contributed by atoms with Crippen LogP contribution in [0.3, 0.4) is 0 Å². The van der Waals surface area contributed by atoms with Crippen molar-refractivity contribution >= 4 is 15.9 Å². The maximum atomic E-state index is 5.29. The van der Waals surface area contributed by atoms with Gasteiger partial charge in [-0.05, 0) is 36.6 Å². The fourth-order valence-corrected chi connectivity index (χ4v) is 2.65. The Bertz CT molecular complexity index is 549. The topological polar surface area (TPSA) is 9.23 Å². The predicted octanol–water partition coefficient (Wildman–Crippen LogP) is 4.80. The largest absolute Gasteiger partial charge is 0.496 e. The van der Waals surface area contributed by atoms with Crippen LogP contribution in [0.1, 0.15) is 27.1 Å². The van der Waals surface area contributed by atoms with Gasteiger partial charge in [0.05, 0.1) is 11.9 Å². The number of benzene rings is 2. The monoisotopic (exact) mass is 304 g/mol. The van der Waals surface area contributed by atoms with Gasteiger partial charge in [-0.1, -0.05) is 57.9 Å². The summed E-state index contributed by atoms with van der Waals surface area (Å²) in [7, 11) is 1.70. The summed E-state index contributed by atoms with van der Waals surface area (Å²) in [6.07, 6.45) is 0. The Morgan fingerprint density at radius 2 is 1.72 bits per heavy atom. The lowest BCUT2D eigenvalue weighted by atomic mass is 10.0.